The molecule has 7 nitrogen and oxygen atoms in total. The number of H-pyrrole nitrogens is 1. The van der Waals surface area contributed by atoms with Crippen molar-refractivity contribution >= 4 is 33.3 Å². The van der Waals surface area contributed by atoms with Crippen LogP contribution in [-0.2, 0) is 5.75 Å². The molecule has 0 bridgehead atoms. The molecule has 1 N–H and O–H groups in total. The lowest BCUT2D eigenvalue weighted by molar-refractivity contribution is 0.818. The lowest BCUT2D eigenvalue weighted by atomic mass is 10.0. The third-order valence-corrected chi connectivity index (χ3v) is 7.82. The highest BCUT2D eigenvalue weighted by Crippen LogP contribution is 2.33. The summed E-state index contributed by atoms with van der Waals surface area (Å²) in [5.41, 5.74) is 4.03. The van der Waals surface area contributed by atoms with Crippen molar-refractivity contribution in [2.75, 3.05) is 0 Å². The Kier molecular flexibility index (Phi) is 6.05. The minimum absolute atomic E-state index is 0.0925. The molecule has 0 atom stereocenters. The third kappa shape index (κ3) is 4.05. The topological polar surface area (TPSA) is 89.3 Å². The van der Waals surface area contributed by atoms with E-state index in [-0.39, 0.29) is 5.56 Å². The van der Waals surface area contributed by atoms with E-state index >= 15 is 0 Å². The summed E-state index contributed by atoms with van der Waals surface area (Å²) in [5.74, 6) is 2.14. The molecule has 1 aromatic carbocycles. The predicted molar refractivity (Wildman–Crippen MR) is 138 cm³/mol. The Balaban J connectivity index is 1.57. The average Bonchev–Trinajstić information content (AvgIpc) is 3.38. The number of thioether (sulfide) groups is 1. The van der Waals surface area contributed by atoms with Gasteiger partial charge in [0.1, 0.15) is 10.7 Å². The molecule has 0 fully saturated rings. The van der Waals surface area contributed by atoms with E-state index < -0.39 is 0 Å². The number of fused-ring (bicyclic) bond motifs is 1. The first-order valence-corrected chi connectivity index (χ1v) is 12.8. The Hall–Kier alpha value is -3.30. The third-order valence-electron chi connectivity index (χ3n) is 5.78. The van der Waals surface area contributed by atoms with Gasteiger partial charge in [0.2, 0.25) is 0 Å². The van der Waals surface area contributed by atoms with E-state index in [1.807, 2.05) is 32.0 Å². The zero-order chi connectivity index (χ0) is 23.8. The Labute approximate surface area is 205 Å². The molecule has 0 saturated carbocycles. The summed E-state index contributed by atoms with van der Waals surface area (Å²) in [6, 6.07) is 12.2. The van der Waals surface area contributed by atoms with Crippen LogP contribution in [-0.4, -0.2) is 29.7 Å². The lowest BCUT2D eigenvalue weighted by Crippen LogP contribution is -2.11. The molecule has 0 aliphatic rings. The Bertz CT molecular complexity index is 1530. The van der Waals surface area contributed by atoms with Crippen LogP contribution in [0.4, 0.5) is 0 Å². The fourth-order valence-corrected chi connectivity index (χ4v) is 5.81. The number of rotatable bonds is 6. The molecule has 4 heterocycles. The highest BCUT2D eigenvalue weighted by Gasteiger charge is 2.20. The summed E-state index contributed by atoms with van der Waals surface area (Å²) in [5, 5.41) is 10.5. The number of aryl methyl sites for hydroxylation is 2. The molecule has 34 heavy (non-hydrogen) atoms. The van der Waals surface area contributed by atoms with Crippen LogP contribution in [0.2, 0.25) is 0 Å². The van der Waals surface area contributed by atoms with Gasteiger partial charge in [0.15, 0.2) is 11.0 Å². The lowest BCUT2D eigenvalue weighted by Gasteiger charge is -2.16. The summed E-state index contributed by atoms with van der Waals surface area (Å²) in [4.78, 5) is 26.5. The number of nitrogens with zero attached hydrogens (tertiary/aromatic N) is 5. The summed E-state index contributed by atoms with van der Waals surface area (Å²) >= 11 is 3.05. The molecule has 0 spiro atoms. The molecule has 4 aromatic heterocycles. The van der Waals surface area contributed by atoms with E-state index in [9.17, 15) is 4.79 Å². The summed E-state index contributed by atoms with van der Waals surface area (Å²) in [6.45, 7) is 8.33. The fourth-order valence-electron chi connectivity index (χ4n) is 3.94. The van der Waals surface area contributed by atoms with Gasteiger partial charge >= 0.3 is 0 Å². The molecule has 5 aromatic rings. The Morgan fingerprint density at radius 2 is 1.94 bits per heavy atom. The maximum atomic E-state index is 12.7. The molecular formula is C25H24N6OS2. The van der Waals surface area contributed by atoms with Crippen LogP contribution < -0.4 is 5.56 Å². The first-order chi connectivity index (χ1) is 16.4. The molecule has 0 amide bonds. The van der Waals surface area contributed by atoms with Gasteiger partial charge in [-0.25, -0.2) is 4.98 Å². The van der Waals surface area contributed by atoms with Crippen LogP contribution in [0.15, 0.2) is 58.7 Å². The molecule has 9 heteroatoms. The predicted octanol–water partition coefficient (Wildman–Crippen LogP) is 5.66. The first kappa shape index (κ1) is 22.5. The number of benzene rings is 1. The van der Waals surface area contributed by atoms with E-state index in [2.05, 4.69) is 56.8 Å². The average molecular weight is 489 g/mol. The van der Waals surface area contributed by atoms with E-state index in [0.717, 1.165) is 37.5 Å². The van der Waals surface area contributed by atoms with Gasteiger partial charge in [0, 0.05) is 22.8 Å². The van der Waals surface area contributed by atoms with Crippen LogP contribution in [0.1, 0.15) is 41.6 Å². The van der Waals surface area contributed by atoms with E-state index in [0.29, 0.717) is 22.9 Å². The van der Waals surface area contributed by atoms with Gasteiger partial charge in [-0.05, 0) is 49.1 Å². The van der Waals surface area contributed by atoms with Crippen LogP contribution in [0, 0.1) is 13.8 Å². The van der Waals surface area contributed by atoms with E-state index in [1.54, 1.807) is 23.7 Å². The number of hydrogen-bond acceptors (Lipinski definition) is 7. The van der Waals surface area contributed by atoms with Crippen molar-refractivity contribution in [1.29, 1.82) is 0 Å². The van der Waals surface area contributed by atoms with Crippen molar-refractivity contribution < 1.29 is 0 Å². The Morgan fingerprint density at radius 1 is 1.12 bits per heavy atom. The minimum atomic E-state index is -0.0925. The second kappa shape index (κ2) is 9.15. The first-order valence-electron chi connectivity index (χ1n) is 11.0. The minimum Gasteiger partial charge on any atom is -0.309 e. The normalized spacial score (nSPS) is 11.6. The molecular weight excluding hydrogens is 464 g/mol. The van der Waals surface area contributed by atoms with Crippen molar-refractivity contribution in [2.45, 2.75) is 44.5 Å². The smallest absolute Gasteiger partial charge is 0.259 e. The summed E-state index contributed by atoms with van der Waals surface area (Å²) in [6.07, 6.45) is 3.54. The number of thiophene rings is 1. The number of para-hydroxylation sites is 1. The standard InChI is InChI=1S/C25H24N6OS2/c1-14(2)18-9-5-6-10-19(18)31-22(17-8-7-11-26-12-17)29-30-25(31)33-13-20-27-23(32)21-15(3)16(4)34-24(21)28-20/h5-12,14H,13H2,1-4H3,(H,27,28,32). The second-order valence-corrected chi connectivity index (χ2v) is 10.5. The van der Waals surface area contributed by atoms with Gasteiger partial charge in [0.25, 0.3) is 5.56 Å². The molecule has 5 rings (SSSR count). The van der Waals surface area contributed by atoms with Gasteiger partial charge in [-0.15, -0.1) is 21.5 Å². The molecule has 0 unspecified atom stereocenters. The molecule has 172 valence electrons. The van der Waals surface area contributed by atoms with Crippen molar-refractivity contribution in [3.05, 3.63) is 81.0 Å². The SMILES string of the molecule is Cc1sc2nc(CSc3nnc(-c4cccnc4)n3-c3ccccc3C(C)C)[nH]c(=O)c2c1C. The maximum Gasteiger partial charge on any atom is 0.259 e. The van der Waals surface area contributed by atoms with Crippen molar-refractivity contribution in [1.82, 2.24) is 29.7 Å². The van der Waals surface area contributed by atoms with Gasteiger partial charge in [-0.1, -0.05) is 43.8 Å². The zero-order valence-electron chi connectivity index (χ0n) is 19.4. The van der Waals surface area contributed by atoms with Crippen molar-refractivity contribution in [2.24, 2.45) is 0 Å². The van der Waals surface area contributed by atoms with Crippen LogP contribution in [0.25, 0.3) is 27.3 Å². The molecule has 0 saturated heterocycles. The number of aromatic nitrogens is 6. The second-order valence-electron chi connectivity index (χ2n) is 8.36. The van der Waals surface area contributed by atoms with Gasteiger partial charge in [-0.2, -0.15) is 0 Å². The largest absolute Gasteiger partial charge is 0.309 e. The molecule has 0 radical (unpaired) electrons. The zero-order valence-corrected chi connectivity index (χ0v) is 21.0. The van der Waals surface area contributed by atoms with Gasteiger partial charge in [-0.3, -0.25) is 14.3 Å². The Morgan fingerprint density at radius 3 is 2.71 bits per heavy atom. The monoisotopic (exact) mass is 488 g/mol. The van der Waals surface area contributed by atoms with E-state index in [1.165, 1.54) is 17.3 Å². The molecule has 0 aliphatic carbocycles. The maximum absolute atomic E-state index is 12.7. The van der Waals surface area contributed by atoms with Crippen molar-refractivity contribution in [3.8, 4) is 17.1 Å². The number of aromatic amines is 1. The molecule has 0 aliphatic heterocycles. The van der Waals surface area contributed by atoms with Gasteiger partial charge in [0.05, 0.1) is 16.8 Å². The van der Waals surface area contributed by atoms with E-state index in [4.69, 9.17) is 4.98 Å². The fraction of sp³-hybridized carbons (Fsp3) is 0.240. The highest BCUT2D eigenvalue weighted by atomic mass is 32.2. The number of hydrogen-bond donors (Lipinski definition) is 1. The summed E-state index contributed by atoms with van der Waals surface area (Å²) in [7, 11) is 0. The van der Waals surface area contributed by atoms with Crippen LogP contribution in [0.5, 0.6) is 0 Å². The van der Waals surface area contributed by atoms with Crippen LogP contribution >= 0.6 is 23.1 Å². The summed E-state index contributed by atoms with van der Waals surface area (Å²) < 4.78 is 2.08. The van der Waals surface area contributed by atoms with Crippen molar-refractivity contribution in [3.63, 3.8) is 0 Å². The number of pyridine rings is 1. The van der Waals surface area contributed by atoms with Crippen LogP contribution in [0.3, 0.4) is 0 Å². The highest BCUT2D eigenvalue weighted by molar-refractivity contribution is 7.98. The van der Waals surface area contributed by atoms with Gasteiger partial charge < -0.3 is 4.98 Å². The number of nitrogens with one attached hydrogen (secondary N) is 1. The quantitative estimate of drug-likeness (QED) is 0.310.